The van der Waals surface area contributed by atoms with Crippen LogP contribution in [0.3, 0.4) is 0 Å². The number of nitrogens with zero attached hydrogens (tertiary/aromatic N) is 1. The van der Waals surface area contributed by atoms with Gasteiger partial charge in [-0.25, -0.2) is 0 Å². The Kier molecular flexibility index (Phi) is 3.76. The normalized spacial score (nSPS) is 10.8. The second-order valence-electron chi connectivity index (χ2n) is 4.62. The van der Waals surface area contributed by atoms with Crippen LogP contribution in [-0.4, -0.2) is 0 Å². The van der Waals surface area contributed by atoms with Crippen LogP contribution in [0.5, 0.6) is 0 Å². The highest BCUT2D eigenvalue weighted by Crippen LogP contribution is 2.24. The molecule has 2 rings (SSSR count). The van der Waals surface area contributed by atoms with Crippen molar-refractivity contribution in [3.05, 3.63) is 63.6 Å². The molecule has 0 heterocycles. The summed E-state index contributed by atoms with van der Waals surface area (Å²) in [6, 6.07) is 11.5. The first-order valence-corrected chi connectivity index (χ1v) is 6.08. The van der Waals surface area contributed by atoms with Gasteiger partial charge in [-0.05, 0) is 47.8 Å². The molecular formula is C16H16N2O. The van der Waals surface area contributed by atoms with E-state index in [4.69, 9.17) is 5.73 Å². The van der Waals surface area contributed by atoms with Gasteiger partial charge < -0.3 is 5.73 Å². The lowest BCUT2D eigenvalue weighted by Gasteiger charge is -2.03. The highest BCUT2D eigenvalue weighted by atomic mass is 16.3. The number of benzene rings is 2. The van der Waals surface area contributed by atoms with E-state index in [9.17, 15) is 4.91 Å². The second-order valence-corrected chi connectivity index (χ2v) is 4.62. The van der Waals surface area contributed by atoms with Gasteiger partial charge in [-0.15, -0.1) is 4.91 Å². The van der Waals surface area contributed by atoms with Crippen molar-refractivity contribution in [3.8, 4) is 0 Å². The van der Waals surface area contributed by atoms with Gasteiger partial charge in [0, 0.05) is 11.3 Å². The molecule has 0 radical (unpaired) electrons. The van der Waals surface area contributed by atoms with Crippen LogP contribution >= 0.6 is 0 Å². The van der Waals surface area contributed by atoms with E-state index >= 15 is 0 Å². The summed E-state index contributed by atoms with van der Waals surface area (Å²) >= 11 is 0. The Labute approximate surface area is 112 Å². The van der Waals surface area contributed by atoms with Crippen molar-refractivity contribution in [1.82, 2.24) is 0 Å². The molecule has 19 heavy (non-hydrogen) atoms. The largest absolute Gasteiger partial charge is 0.398 e. The zero-order valence-electron chi connectivity index (χ0n) is 11.1. The SMILES string of the molecule is Cc1ccc(/C=C/c2ccc(C)cc2N=O)c(N)c1. The van der Waals surface area contributed by atoms with Gasteiger partial charge in [0.1, 0.15) is 5.69 Å². The van der Waals surface area contributed by atoms with Crippen molar-refractivity contribution >= 4 is 23.5 Å². The third-order valence-corrected chi connectivity index (χ3v) is 2.97. The van der Waals surface area contributed by atoms with Gasteiger partial charge in [-0.1, -0.05) is 36.4 Å². The standard InChI is InChI=1S/C16H16N2O/c1-11-3-5-13(15(17)9-11)7-8-14-6-4-12(2)10-16(14)18-19/h3-10H,17H2,1-2H3/b8-7+. The topological polar surface area (TPSA) is 55.5 Å². The predicted molar refractivity (Wildman–Crippen MR) is 81.2 cm³/mol. The summed E-state index contributed by atoms with van der Waals surface area (Å²) in [4.78, 5) is 10.8. The number of rotatable bonds is 3. The fraction of sp³-hybridized carbons (Fsp3) is 0.125. The molecule has 0 aliphatic carbocycles. The third kappa shape index (κ3) is 3.07. The molecule has 0 saturated carbocycles. The first-order valence-electron chi connectivity index (χ1n) is 6.08. The minimum Gasteiger partial charge on any atom is -0.398 e. The van der Waals surface area contributed by atoms with E-state index in [1.165, 1.54) is 0 Å². The summed E-state index contributed by atoms with van der Waals surface area (Å²) in [5.74, 6) is 0. The molecule has 0 aromatic heterocycles. The van der Waals surface area contributed by atoms with E-state index in [1.807, 2.05) is 56.3 Å². The smallest absolute Gasteiger partial charge is 0.115 e. The van der Waals surface area contributed by atoms with Crippen molar-refractivity contribution in [3.63, 3.8) is 0 Å². The summed E-state index contributed by atoms with van der Waals surface area (Å²) in [6.07, 6.45) is 3.76. The van der Waals surface area contributed by atoms with E-state index in [-0.39, 0.29) is 0 Å². The van der Waals surface area contributed by atoms with Crippen molar-refractivity contribution in [1.29, 1.82) is 0 Å². The van der Waals surface area contributed by atoms with Crippen molar-refractivity contribution in [2.24, 2.45) is 5.18 Å². The minimum atomic E-state index is 0.446. The van der Waals surface area contributed by atoms with E-state index in [2.05, 4.69) is 5.18 Å². The van der Waals surface area contributed by atoms with Gasteiger partial charge in [-0.2, -0.15) is 0 Å². The Morgan fingerprint density at radius 2 is 1.53 bits per heavy atom. The van der Waals surface area contributed by atoms with Crippen LogP contribution in [0, 0.1) is 18.8 Å². The lowest BCUT2D eigenvalue weighted by molar-refractivity contribution is 1.40. The van der Waals surface area contributed by atoms with Gasteiger partial charge in [-0.3, -0.25) is 0 Å². The lowest BCUT2D eigenvalue weighted by atomic mass is 10.1. The van der Waals surface area contributed by atoms with Crippen LogP contribution in [0.4, 0.5) is 11.4 Å². The summed E-state index contributed by atoms with van der Waals surface area (Å²) in [5.41, 5.74) is 11.0. The number of nitroso groups, excluding NO2 is 1. The minimum absolute atomic E-state index is 0.446. The molecule has 0 atom stereocenters. The Bertz CT molecular complexity index is 645. The van der Waals surface area contributed by atoms with Crippen LogP contribution in [0.2, 0.25) is 0 Å². The van der Waals surface area contributed by atoms with Gasteiger partial charge in [0.05, 0.1) is 0 Å². The number of anilines is 1. The maximum Gasteiger partial charge on any atom is 0.115 e. The molecule has 0 saturated heterocycles. The lowest BCUT2D eigenvalue weighted by Crippen LogP contribution is -1.89. The number of nitrogens with two attached hydrogens (primary N) is 1. The highest BCUT2D eigenvalue weighted by molar-refractivity contribution is 5.79. The summed E-state index contributed by atoms with van der Waals surface area (Å²) in [7, 11) is 0. The molecule has 2 aromatic carbocycles. The Hall–Kier alpha value is -2.42. The number of hydrogen-bond acceptors (Lipinski definition) is 3. The molecule has 0 amide bonds. The molecule has 2 N–H and O–H groups in total. The van der Waals surface area contributed by atoms with Gasteiger partial charge in [0.15, 0.2) is 0 Å². The molecule has 2 aromatic rings. The second kappa shape index (κ2) is 5.48. The Morgan fingerprint density at radius 1 is 0.947 bits per heavy atom. The number of aryl methyl sites for hydroxylation is 2. The molecule has 0 spiro atoms. The number of hydrogen-bond donors (Lipinski definition) is 1. The van der Waals surface area contributed by atoms with Gasteiger partial charge >= 0.3 is 0 Å². The van der Waals surface area contributed by atoms with E-state index in [1.54, 1.807) is 6.07 Å². The molecule has 0 aliphatic rings. The van der Waals surface area contributed by atoms with Crippen LogP contribution < -0.4 is 5.73 Å². The predicted octanol–water partition coefficient (Wildman–Crippen LogP) is 4.45. The highest BCUT2D eigenvalue weighted by Gasteiger charge is 2.00. The van der Waals surface area contributed by atoms with E-state index < -0.39 is 0 Å². The summed E-state index contributed by atoms with van der Waals surface area (Å²) in [5, 5.41) is 3.05. The Balaban J connectivity index is 2.35. The number of nitrogen functional groups attached to an aromatic ring is 1. The molecule has 0 bridgehead atoms. The monoisotopic (exact) mass is 252 g/mol. The molecule has 96 valence electrons. The first kappa shape index (κ1) is 13.0. The zero-order chi connectivity index (χ0) is 13.8. The average molecular weight is 252 g/mol. The van der Waals surface area contributed by atoms with Crippen LogP contribution in [0.15, 0.2) is 41.6 Å². The zero-order valence-corrected chi connectivity index (χ0v) is 11.1. The third-order valence-electron chi connectivity index (χ3n) is 2.97. The van der Waals surface area contributed by atoms with Gasteiger partial charge in [0.2, 0.25) is 0 Å². The molecule has 3 heteroatoms. The Morgan fingerprint density at radius 3 is 2.16 bits per heavy atom. The fourth-order valence-electron chi connectivity index (χ4n) is 1.90. The summed E-state index contributed by atoms with van der Waals surface area (Å²) < 4.78 is 0. The summed E-state index contributed by atoms with van der Waals surface area (Å²) in [6.45, 7) is 3.93. The van der Waals surface area contributed by atoms with Crippen molar-refractivity contribution in [2.45, 2.75) is 13.8 Å². The van der Waals surface area contributed by atoms with Crippen LogP contribution in [0.1, 0.15) is 22.3 Å². The van der Waals surface area contributed by atoms with Crippen molar-refractivity contribution < 1.29 is 0 Å². The fourth-order valence-corrected chi connectivity index (χ4v) is 1.90. The van der Waals surface area contributed by atoms with E-state index in [0.717, 1.165) is 27.9 Å². The quantitative estimate of drug-likeness (QED) is 0.498. The molecule has 3 nitrogen and oxygen atoms in total. The molecular weight excluding hydrogens is 236 g/mol. The maximum atomic E-state index is 10.8. The van der Waals surface area contributed by atoms with Crippen LogP contribution in [-0.2, 0) is 0 Å². The molecule has 0 aliphatic heterocycles. The van der Waals surface area contributed by atoms with E-state index in [0.29, 0.717) is 5.69 Å². The van der Waals surface area contributed by atoms with Crippen LogP contribution in [0.25, 0.3) is 12.2 Å². The molecule has 0 unspecified atom stereocenters. The average Bonchev–Trinajstić information content (AvgIpc) is 2.39. The van der Waals surface area contributed by atoms with Gasteiger partial charge in [0.25, 0.3) is 0 Å². The first-order chi connectivity index (χ1) is 9.10. The van der Waals surface area contributed by atoms with Crippen molar-refractivity contribution in [2.75, 3.05) is 5.73 Å². The maximum absolute atomic E-state index is 10.8. The molecule has 0 fully saturated rings.